The zero-order chi connectivity index (χ0) is 13.7. The van der Waals surface area contributed by atoms with Gasteiger partial charge in [-0.15, -0.1) is 0 Å². The summed E-state index contributed by atoms with van der Waals surface area (Å²) >= 11 is 11.5. The number of ether oxygens (including phenoxy) is 1. The van der Waals surface area contributed by atoms with E-state index < -0.39 is 0 Å². The van der Waals surface area contributed by atoms with Crippen molar-refractivity contribution < 1.29 is 9.53 Å². The Morgan fingerprint density at radius 2 is 1.79 bits per heavy atom. The Balaban J connectivity index is 1.80. The largest absolute Gasteiger partial charge is 0.445 e. The highest BCUT2D eigenvalue weighted by Crippen LogP contribution is 2.24. The van der Waals surface area contributed by atoms with Crippen LogP contribution in [0.5, 0.6) is 0 Å². The van der Waals surface area contributed by atoms with Gasteiger partial charge in [-0.1, -0.05) is 53.5 Å². The Hall–Kier alpha value is -1.19. The average molecular weight is 300 g/mol. The first-order valence-corrected chi connectivity index (χ1v) is 6.91. The monoisotopic (exact) mass is 299 g/mol. The van der Waals surface area contributed by atoms with E-state index in [4.69, 9.17) is 27.9 Å². The molecule has 5 heteroatoms. The van der Waals surface area contributed by atoms with E-state index in [1.54, 1.807) is 4.90 Å². The summed E-state index contributed by atoms with van der Waals surface area (Å²) in [6.45, 7) is 1.51. The summed E-state index contributed by atoms with van der Waals surface area (Å²) < 4.78 is 5.60. The molecular weight excluding hydrogens is 285 g/mol. The molecule has 0 N–H and O–H groups in total. The lowest BCUT2D eigenvalue weighted by atomic mass is 10.1. The molecule has 0 radical (unpaired) electrons. The number of likely N-dealkylation sites (tertiary alicyclic amines) is 1. The molecule has 1 aliphatic heterocycles. The van der Waals surface area contributed by atoms with E-state index >= 15 is 0 Å². The SMILES string of the molecule is O=C(OCc1ccccc1)N1CCC(=C(Cl)Cl)CC1. The number of hydrogen-bond acceptors (Lipinski definition) is 2. The topological polar surface area (TPSA) is 29.5 Å². The third-order valence-corrected chi connectivity index (χ3v) is 3.63. The fraction of sp³-hybridized carbons (Fsp3) is 0.357. The Morgan fingerprint density at radius 1 is 1.16 bits per heavy atom. The smallest absolute Gasteiger partial charge is 0.410 e. The van der Waals surface area contributed by atoms with Crippen molar-refractivity contribution in [1.82, 2.24) is 4.90 Å². The number of hydrogen-bond donors (Lipinski definition) is 0. The number of carbonyl (C=O) groups is 1. The lowest BCUT2D eigenvalue weighted by molar-refractivity contribution is 0.0935. The van der Waals surface area contributed by atoms with Crippen molar-refractivity contribution in [2.75, 3.05) is 13.1 Å². The third kappa shape index (κ3) is 4.15. The molecule has 1 aliphatic rings. The van der Waals surface area contributed by atoms with E-state index in [9.17, 15) is 4.79 Å². The van der Waals surface area contributed by atoms with Crippen LogP contribution in [0.1, 0.15) is 18.4 Å². The lowest BCUT2D eigenvalue weighted by Crippen LogP contribution is -2.36. The summed E-state index contributed by atoms with van der Waals surface area (Å²) in [6.07, 6.45) is 1.14. The molecule has 0 spiro atoms. The van der Waals surface area contributed by atoms with E-state index in [1.807, 2.05) is 30.3 Å². The van der Waals surface area contributed by atoms with Crippen LogP contribution in [-0.4, -0.2) is 24.1 Å². The lowest BCUT2D eigenvalue weighted by Gasteiger charge is -2.27. The minimum atomic E-state index is -0.284. The molecule has 19 heavy (non-hydrogen) atoms. The average Bonchev–Trinajstić information content (AvgIpc) is 2.46. The maximum atomic E-state index is 11.9. The fourth-order valence-corrected chi connectivity index (χ4v) is 2.34. The highest BCUT2D eigenvalue weighted by molar-refractivity contribution is 6.56. The van der Waals surface area contributed by atoms with Gasteiger partial charge < -0.3 is 9.64 Å². The van der Waals surface area contributed by atoms with Crippen LogP contribution in [0.15, 0.2) is 40.4 Å². The van der Waals surface area contributed by atoms with Gasteiger partial charge in [-0.3, -0.25) is 0 Å². The van der Waals surface area contributed by atoms with Crippen molar-refractivity contribution in [1.29, 1.82) is 0 Å². The van der Waals surface area contributed by atoms with Crippen molar-refractivity contribution in [3.63, 3.8) is 0 Å². The molecule has 0 atom stereocenters. The molecule has 1 fully saturated rings. The summed E-state index contributed by atoms with van der Waals surface area (Å²) in [7, 11) is 0. The second-order valence-electron chi connectivity index (χ2n) is 4.39. The molecule has 1 amide bonds. The minimum absolute atomic E-state index is 0.284. The molecule has 1 aromatic rings. The van der Waals surface area contributed by atoms with Crippen molar-refractivity contribution in [2.24, 2.45) is 0 Å². The fourth-order valence-electron chi connectivity index (χ4n) is 1.96. The van der Waals surface area contributed by atoms with Crippen molar-refractivity contribution in [3.05, 3.63) is 46.0 Å². The van der Waals surface area contributed by atoms with E-state index in [2.05, 4.69) is 0 Å². The first-order valence-electron chi connectivity index (χ1n) is 6.15. The number of rotatable bonds is 2. The Bertz CT molecular complexity index is 460. The molecule has 1 aromatic carbocycles. The maximum absolute atomic E-state index is 11.9. The molecule has 1 saturated heterocycles. The van der Waals surface area contributed by atoms with E-state index in [0.717, 1.165) is 11.1 Å². The van der Waals surface area contributed by atoms with Gasteiger partial charge in [0.05, 0.1) is 0 Å². The molecular formula is C14H15Cl2NO2. The van der Waals surface area contributed by atoms with Gasteiger partial charge in [0.1, 0.15) is 11.1 Å². The molecule has 2 rings (SSSR count). The molecule has 0 bridgehead atoms. The number of halogens is 2. The summed E-state index contributed by atoms with van der Waals surface area (Å²) in [5, 5.41) is 0. The van der Waals surface area contributed by atoms with E-state index in [1.165, 1.54) is 0 Å². The molecule has 102 valence electrons. The van der Waals surface area contributed by atoms with Gasteiger partial charge >= 0.3 is 6.09 Å². The summed E-state index contributed by atoms with van der Waals surface area (Å²) in [5.41, 5.74) is 1.99. The molecule has 0 aliphatic carbocycles. The summed E-state index contributed by atoms with van der Waals surface area (Å²) in [5.74, 6) is 0. The highest BCUT2D eigenvalue weighted by atomic mass is 35.5. The predicted molar refractivity (Wildman–Crippen MR) is 76.2 cm³/mol. The predicted octanol–water partition coefficient (Wildman–Crippen LogP) is 4.11. The van der Waals surface area contributed by atoms with Crippen LogP contribution in [0.2, 0.25) is 0 Å². The zero-order valence-corrected chi connectivity index (χ0v) is 12.0. The van der Waals surface area contributed by atoms with Crippen LogP contribution in [0, 0.1) is 0 Å². The molecule has 0 unspecified atom stereocenters. The second-order valence-corrected chi connectivity index (χ2v) is 5.34. The summed E-state index contributed by atoms with van der Waals surface area (Å²) in [4.78, 5) is 13.6. The van der Waals surface area contributed by atoms with Crippen molar-refractivity contribution >= 4 is 29.3 Å². The van der Waals surface area contributed by atoms with Crippen molar-refractivity contribution in [2.45, 2.75) is 19.4 Å². The van der Waals surface area contributed by atoms with Gasteiger partial charge in [0, 0.05) is 13.1 Å². The standard InChI is InChI=1S/C14H15Cl2NO2/c15-13(16)12-6-8-17(9-7-12)14(18)19-10-11-4-2-1-3-5-11/h1-5H,6-10H2. The minimum Gasteiger partial charge on any atom is -0.445 e. The number of benzene rings is 1. The first-order chi connectivity index (χ1) is 9.16. The summed E-state index contributed by atoms with van der Waals surface area (Å²) in [6, 6.07) is 9.63. The number of piperidine rings is 1. The molecule has 3 nitrogen and oxygen atoms in total. The Kier molecular flexibility index (Phi) is 5.11. The van der Waals surface area contributed by atoms with Gasteiger partial charge in [-0.2, -0.15) is 0 Å². The second kappa shape index (κ2) is 6.83. The maximum Gasteiger partial charge on any atom is 0.410 e. The Morgan fingerprint density at radius 3 is 2.37 bits per heavy atom. The van der Waals surface area contributed by atoms with Crippen LogP contribution in [0.25, 0.3) is 0 Å². The van der Waals surface area contributed by atoms with Gasteiger partial charge in [0.25, 0.3) is 0 Å². The van der Waals surface area contributed by atoms with Crippen molar-refractivity contribution in [3.8, 4) is 0 Å². The quantitative estimate of drug-likeness (QED) is 0.822. The molecule has 0 aromatic heterocycles. The van der Waals surface area contributed by atoms with Crippen LogP contribution in [-0.2, 0) is 11.3 Å². The number of carbonyl (C=O) groups excluding carboxylic acids is 1. The Labute approximate surface area is 122 Å². The molecule has 0 saturated carbocycles. The van der Waals surface area contributed by atoms with Gasteiger partial charge in [0.2, 0.25) is 0 Å². The van der Waals surface area contributed by atoms with E-state index in [-0.39, 0.29) is 6.09 Å². The molecule has 1 heterocycles. The third-order valence-electron chi connectivity index (χ3n) is 3.10. The van der Waals surface area contributed by atoms with Crippen LogP contribution in [0.3, 0.4) is 0 Å². The van der Waals surface area contributed by atoms with Gasteiger partial charge in [-0.25, -0.2) is 4.79 Å². The van der Waals surface area contributed by atoms with Crippen LogP contribution in [0.4, 0.5) is 4.79 Å². The van der Waals surface area contributed by atoms with Gasteiger partial charge in [0.15, 0.2) is 0 Å². The number of nitrogens with zero attached hydrogens (tertiary/aromatic N) is 1. The first kappa shape index (κ1) is 14.2. The normalized spacial score (nSPS) is 15.3. The van der Waals surface area contributed by atoms with Gasteiger partial charge in [-0.05, 0) is 24.0 Å². The zero-order valence-electron chi connectivity index (χ0n) is 10.4. The van der Waals surface area contributed by atoms with E-state index in [0.29, 0.717) is 37.0 Å². The highest BCUT2D eigenvalue weighted by Gasteiger charge is 2.21. The number of amides is 1. The van der Waals surface area contributed by atoms with Crippen LogP contribution >= 0.6 is 23.2 Å². The van der Waals surface area contributed by atoms with Crippen LogP contribution < -0.4 is 0 Å².